The molecule has 1 aromatic heterocycles. The van der Waals surface area contributed by atoms with Crippen LogP contribution in [-0.2, 0) is 6.54 Å². The molecule has 0 spiro atoms. The normalized spacial score (nSPS) is 30.9. The van der Waals surface area contributed by atoms with Crippen LogP contribution in [0.5, 0.6) is 0 Å². The number of fused-ring (bicyclic) bond motifs is 1. The van der Waals surface area contributed by atoms with Gasteiger partial charge >= 0.3 is 0 Å². The van der Waals surface area contributed by atoms with Crippen molar-refractivity contribution in [1.29, 1.82) is 0 Å². The standard InChI is InChI=1S/C14H22N2O/c1-9(2)6-15-8-14-16-7-13(17-14)12-4-10-3-11(10)5-12/h7,9-12,15H,3-6,8H2,1-2H3. The van der Waals surface area contributed by atoms with Crippen LogP contribution in [0.3, 0.4) is 0 Å². The van der Waals surface area contributed by atoms with Crippen molar-refractivity contribution in [3.05, 3.63) is 17.8 Å². The third-order valence-electron chi connectivity index (χ3n) is 4.05. The van der Waals surface area contributed by atoms with E-state index in [4.69, 9.17) is 4.42 Å². The average Bonchev–Trinajstić information content (AvgIpc) is 2.76. The second kappa shape index (κ2) is 4.45. The molecule has 1 aromatic rings. The van der Waals surface area contributed by atoms with Crippen molar-refractivity contribution < 1.29 is 4.42 Å². The van der Waals surface area contributed by atoms with Gasteiger partial charge in [0, 0.05) is 5.92 Å². The molecule has 2 aliphatic rings. The summed E-state index contributed by atoms with van der Waals surface area (Å²) in [6, 6.07) is 0. The molecule has 1 N–H and O–H groups in total. The summed E-state index contributed by atoms with van der Waals surface area (Å²) in [5.74, 6) is 5.32. The molecule has 0 saturated heterocycles. The number of hydrogen-bond acceptors (Lipinski definition) is 3. The summed E-state index contributed by atoms with van der Waals surface area (Å²) in [5.41, 5.74) is 0. The van der Waals surface area contributed by atoms with E-state index in [1.54, 1.807) is 0 Å². The van der Waals surface area contributed by atoms with E-state index in [9.17, 15) is 0 Å². The molecule has 0 radical (unpaired) electrons. The first-order valence-corrected chi connectivity index (χ1v) is 6.87. The summed E-state index contributed by atoms with van der Waals surface area (Å²) in [5, 5.41) is 3.37. The molecular formula is C14H22N2O. The van der Waals surface area contributed by atoms with E-state index >= 15 is 0 Å². The maximum Gasteiger partial charge on any atom is 0.208 e. The molecule has 1 heterocycles. The van der Waals surface area contributed by atoms with E-state index < -0.39 is 0 Å². The SMILES string of the molecule is CC(C)CNCc1ncc(C2CC3CC3C2)o1. The maximum atomic E-state index is 5.84. The molecule has 2 atom stereocenters. The van der Waals surface area contributed by atoms with Gasteiger partial charge in [0.25, 0.3) is 0 Å². The van der Waals surface area contributed by atoms with Gasteiger partial charge in [-0.15, -0.1) is 0 Å². The fourth-order valence-electron chi connectivity index (χ4n) is 3.01. The average molecular weight is 234 g/mol. The van der Waals surface area contributed by atoms with Crippen LogP contribution < -0.4 is 5.32 Å². The van der Waals surface area contributed by atoms with E-state index in [1.807, 2.05) is 6.20 Å². The Hall–Kier alpha value is -0.830. The molecule has 94 valence electrons. The van der Waals surface area contributed by atoms with Crippen LogP contribution in [0.1, 0.15) is 50.7 Å². The van der Waals surface area contributed by atoms with Crippen molar-refractivity contribution in [3.63, 3.8) is 0 Å². The minimum absolute atomic E-state index is 0.657. The Kier molecular flexibility index (Phi) is 2.95. The van der Waals surface area contributed by atoms with Gasteiger partial charge in [-0.25, -0.2) is 4.98 Å². The van der Waals surface area contributed by atoms with Crippen molar-refractivity contribution >= 4 is 0 Å². The Morgan fingerprint density at radius 2 is 2.12 bits per heavy atom. The molecule has 2 aliphatic carbocycles. The largest absolute Gasteiger partial charge is 0.444 e. The van der Waals surface area contributed by atoms with Gasteiger partial charge in [-0.05, 0) is 43.6 Å². The van der Waals surface area contributed by atoms with Gasteiger partial charge in [0.2, 0.25) is 5.89 Å². The monoisotopic (exact) mass is 234 g/mol. The van der Waals surface area contributed by atoms with Gasteiger partial charge in [-0.1, -0.05) is 13.8 Å². The van der Waals surface area contributed by atoms with Gasteiger partial charge in [0.15, 0.2) is 0 Å². The third kappa shape index (κ3) is 2.54. The predicted octanol–water partition coefficient (Wildman–Crippen LogP) is 2.93. The molecule has 2 fully saturated rings. The number of aromatic nitrogens is 1. The zero-order valence-corrected chi connectivity index (χ0v) is 10.8. The van der Waals surface area contributed by atoms with Crippen LogP contribution in [0, 0.1) is 17.8 Å². The second-order valence-corrected chi connectivity index (χ2v) is 6.11. The molecule has 17 heavy (non-hydrogen) atoms. The third-order valence-corrected chi connectivity index (χ3v) is 4.05. The number of rotatable bonds is 5. The molecule has 0 amide bonds. The molecule has 0 aromatic carbocycles. The Balaban J connectivity index is 1.51. The van der Waals surface area contributed by atoms with Crippen LogP contribution in [0.15, 0.2) is 10.6 Å². The van der Waals surface area contributed by atoms with Crippen LogP contribution in [0.4, 0.5) is 0 Å². The van der Waals surface area contributed by atoms with E-state index in [2.05, 4.69) is 24.1 Å². The van der Waals surface area contributed by atoms with E-state index in [0.717, 1.165) is 36.6 Å². The summed E-state index contributed by atoms with van der Waals surface area (Å²) in [6.07, 6.45) is 6.08. The van der Waals surface area contributed by atoms with Gasteiger partial charge in [0.05, 0.1) is 12.7 Å². The molecular weight excluding hydrogens is 212 g/mol. The second-order valence-electron chi connectivity index (χ2n) is 6.11. The molecule has 0 bridgehead atoms. The van der Waals surface area contributed by atoms with E-state index in [-0.39, 0.29) is 0 Å². The minimum atomic E-state index is 0.657. The zero-order chi connectivity index (χ0) is 11.8. The molecule has 3 rings (SSSR count). The van der Waals surface area contributed by atoms with Crippen molar-refractivity contribution in [2.45, 2.75) is 45.6 Å². The molecule has 3 heteroatoms. The summed E-state index contributed by atoms with van der Waals surface area (Å²) in [7, 11) is 0. The van der Waals surface area contributed by atoms with Crippen LogP contribution >= 0.6 is 0 Å². The van der Waals surface area contributed by atoms with Crippen molar-refractivity contribution in [3.8, 4) is 0 Å². The van der Waals surface area contributed by atoms with Gasteiger partial charge < -0.3 is 9.73 Å². The van der Waals surface area contributed by atoms with Crippen LogP contribution in [-0.4, -0.2) is 11.5 Å². The lowest BCUT2D eigenvalue weighted by Crippen LogP contribution is -2.19. The zero-order valence-electron chi connectivity index (χ0n) is 10.8. The Morgan fingerprint density at radius 3 is 2.82 bits per heavy atom. The molecule has 2 saturated carbocycles. The highest BCUT2D eigenvalue weighted by atomic mass is 16.4. The first-order chi connectivity index (χ1) is 8.22. The summed E-state index contributed by atoms with van der Waals surface area (Å²) >= 11 is 0. The quantitative estimate of drug-likeness (QED) is 0.851. The fourth-order valence-corrected chi connectivity index (χ4v) is 3.01. The summed E-state index contributed by atoms with van der Waals surface area (Å²) < 4.78 is 5.84. The predicted molar refractivity (Wildman–Crippen MR) is 66.6 cm³/mol. The first kappa shape index (κ1) is 11.3. The Bertz CT molecular complexity index is 375. The highest BCUT2D eigenvalue weighted by molar-refractivity contribution is 5.10. The van der Waals surface area contributed by atoms with Crippen molar-refractivity contribution in [2.24, 2.45) is 17.8 Å². The lowest BCUT2D eigenvalue weighted by molar-refractivity contribution is 0.395. The highest BCUT2D eigenvalue weighted by Crippen LogP contribution is 2.57. The van der Waals surface area contributed by atoms with Gasteiger partial charge in [-0.3, -0.25) is 0 Å². The van der Waals surface area contributed by atoms with Crippen molar-refractivity contribution in [1.82, 2.24) is 10.3 Å². The lowest BCUT2D eigenvalue weighted by atomic mass is 10.0. The fraction of sp³-hybridized carbons (Fsp3) is 0.786. The minimum Gasteiger partial charge on any atom is -0.444 e. The van der Waals surface area contributed by atoms with Crippen molar-refractivity contribution in [2.75, 3.05) is 6.54 Å². The maximum absolute atomic E-state index is 5.84. The number of hydrogen-bond donors (Lipinski definition) is 1. The molecule has 2 unspecified atom stereocenters. The number of nitrogens with zero attached hydrogens (tertiary/aromatic N) is 1. The lowest BCUT2D eigenvalue weighted by Gasteiger charge is -2.07. The number of oxazole rings is 1. The molecule has 0 aliphatic heterocycles. The summed E-state index contributed by atoms with van der Waals surface area (Å²) in [6.45, 7) is 6.20. The van der Waals surface area contributed by atoms with Crippen LogP contribution in [0.25, 0.3) is 0 Å². The Labute approximate surface area is 103 Å². The summed E-state index contributed by atoms with van der Waals surface area (Å²) in [4.78, 5) is 4.37. The van der Waals surface area contributed by atoms with E-state index in [1.165, 1.54) is 19.3 Å². The van der Waals surface area contributed by atoms with E-state index in [0.29, 0.717) is 11.8 Å². The van der Waals surface area contributed by atoms with Gasteiger partial charge in [0.1, 0.15) is 5.76 Å². The highest BCUT2D eigenvalue weighted by Gasteiger charge is 2.47. The first-order valence-electron chi connectivity index (χ1n) is 6.87. The number of nitrogens with one attached hydrogen (secondary N) is 1. The Morgan fingerprint density at radius 1 is 1.35 bits per heavy atom. The molecule has 3 nitrogen and oxygen atoms in total. The topological polar surface area (TPSA) is 38.1 Å². The van der Waals surface area contributed by atoms with Gasteiger partial charge in [-0.2, -0.15) is 0 Å². The smallest absolute Gasteiger partial charge is 0.208 e. The van der Waals surface area contributed by atoms with Crippen LogP contribution in [0.2, 0.25) is 0 Å².